The largest absolute Gasteiger partial charge is 0.493 e. The lowest BCUT2D eigenvalue weighted by molar-refractivity contribution is -0.139. The second kappa shape index (κ2) is 13.8. The van der Waals surface area contributed by atoms with E-state index in [0.29, 0.717) is 18.0 Å². The number of carbonyl (C=O) groups is 3. The number of carbonyl (C=O) groups excluding carboxylic acids is 2. The zero-order valence-electron chi connectivity index (χ0n) is 21.9. The molecule has 0 unspecified atom stereocenters. The van der Waals surface area contributed by atoms with Crippen molar-refractivity contribution in [2.24, 2.45) is 5.92 Å². The summed E-state index contributed by atoms with van der Waals surface area (Å²) in [4.78, 5) is 39.0. The van der Waals surface area contributed by atoms with Gasteiger partial charge >= 0.3 is 18.0 Å². The molecular formula is C30H34N2O6. The second-order valence-corrected chi connectivity index (χ2v) is 9.32. The minimum Gasteiger partial charge on any atom is -0.493 e. The molecule has 2 amide bonds. The summed E-state index contributed by atoms with van der Waals surface area (Å²) in [6.45, 7) is 4.31. The van der Waals surface area contributed by atoms with Crippen LogP contribution in [0, 0.1) is 5.92 Å². The molecule has 200 valence electrons. The predicted octanol–water partition coefficient (Wildman–Crippen LogP) is 5.02. The molecule has 3 aromatic carbocycles. The highest BCUT2D eigenvalue weighted by Gasteiger charge is 2.25. The Morgan fingerprint density at radius 2 is 1.47 bits per heavy atom. The van der Waals surface area contributed by atoms with Crippen LogP contribution in [-0.2, 0) is 16.0 Å². The van der Waals surface area contributed by atoms with Crippen LogP contribution in [0.3, 0.4) is 0 Å². The number of esters is 1. The molecule has 0 aliphatic carbocycles. The Bertz CT molecular complexity index is 1210. The van der Waals surface area contributed by atoms with Crippen LogP contribution in [0.15, 0.2) is 78.9 Å². The number of rotatable bonds is 12. The first-order valence-corrected chi connectivity index (χ1v) is 12.5. The first kappa shape index (κ1) is 28.2. The third-order valence-electron chi connectivity index (χ3n) is 5.85. The molecule has 0 radical (unpaired) electrons. The summed E-state index contributed by atoms with van der Waals surface area (Å²) >= 11 is 0. The van der Waals surface area contributed by atoms with Crippen LogP contribution in [0.25, 0.3) is 11.1 Å². The van der Waals surface area contributed by atoms with Crippen molar-refractivity contribution >= 4 is 18.0 Å². The number of urea groups is 1. The molecule has 0 fully saturated rings. The van der Waals surface area contributed by atoms with Gasteiger partial charge in [-0.05, 0) is 34.7 Å². The number of carboxylic acids is 1. The molecule has 3 aromatic rings. The summed E-state index contributed by atoms with van der Waals surface area (Å²) in [6, 6.07) is 22.6. The van der Waals surface area contributed by atoms with Gasteiger partial charge in [-0.3, -0.25) is 4.79 Å². The fourth-order valence-corrected chi connectivity index (χ4v) is 3.96. The van der Waals surface area contributed by atoms with Gasteiger partial charge in [0.1, 0.15) is 6.04 Å². The zero-order chi connectivity index (χ0) is 27.5. The Morgan fingerprint density at radius 1 is 0.868 bits per heavy atom. The first-order chi connectivity index (χ1) is 18.3. The average Bonchev–Trinajstić information content (AvgIpc) is 2.91. The number of benzene rings is 3. The highest BCUT2D eigenvalue weighted by Crippen LogP contribution is 2.26. The van der Waals surface area contributed by atoms with Crippen molar-refractivity contribution in [3.8, 4) is 22.6 Å². The molecule has 0 aromatic heterocycles. The molecule has 0 aliphatic heterocycles. The molecule has 0 saturated carbocycles. The average molecular weight is 519 g/mol. The standard InChI is InChI=1S/C30H34N2O6/c1-21(2)20-32(18-17-28(33)38-27-12-8-7-11-26(27)37-3)30(36)31-25(29(34)35)19-22-13-15-24(16-14-22)23-9-5-4-6-10-23/h4-16,21,25H,17-20H2,1-3H3,(H,31,36)(H,34,35)/t25-/m0/s1. The summed E-state index contributed by atoms with van der Waals surface area (Å²) in [5.74, 6) is -0.822. The molecule has 0 aliphatic rings. The van der Waals surface area contributed by atoms with Crippen molar-refractivity contribution in [3.05, 3.63) is 84.4 Å². The fourth-order valence-electron chi connectivity index (χ4n) is 3.96. The maximum Gasteiger partial charge on any atom is 0.326 e. The highest BCUT2D eigenvalue weighted by atomic mass is 16.6. The number of hydrogen-bond donors (Lipinski definition) is 2. The smallest absolute Gasteiger partial charge is 0.326 e. The normalized spacial score (nSPS) is 11.5. The minimum atomic E-state index is -1.13. The van der Waals surface area contributed by atoms with E-state index >= 15 is 0 Å². The Balaban J connectivity index is 1.62. The van der Waals surface area contributed by atoms with E-state index in [1.54, 1.807) is 24.3 Å². The Hall–Kier alpha value is -4.33. The summed E-state index contributed by atoms with van der Waals surface area (Å²) < 4.78 is 10.6. The van der Waals surface area contributed by atoms with E-state index in [1.807, 2.05) is 68.4 Å². The van der Waals surface area contributed by atoms with Gasteiger partial charge in [-0.2, -0.15) is 0 Å². The molecular weight excluding hydrogens is 484 g/mol. The van der Waals surface area contributed by atoms with Crippen LogP contribution < -0.4 is 14.8 Å². The number of nitrogens with zero attached hydrogens (tertiary/aromatic N) is 1. The number of amides is 2. The summed E-state index contributed by atoms with van der Waals surface area (Å²) in [5.41, 5.74) is 2.87. The number of hydrogen-bond acceptors (Lipinski definition) is 5. The Morgan fingerprint density at radius 3 is 2.08 bits per heavy atom. The maximum absolute atomic E-state index is 13.1. The minimum absolute atomic E-state index is 0.0587. The molecule has 0 spiro atoms. The zero-order valence-corrected chi connectivity index (χ0v) is 21.9. The van der Waals surface area contributed by atoms with Gasteiger partial charge in [-0.1, -0.05) is 80.6 Å². The SMILES string of the molecule is COc1ccccc1OC(=O)CCN(CC(C)C)C(=O)N[C@@H](Cc1ccc(-c2ccccc2)cc1)C(=O)O. The van der Waals surface area contributed by atoms with Gasteiger partial charge in [0, 0.05) is 19.5 Å². The molecule has 0 saturated heterocycles. The van der Waals surface area contributed by atoms with Crippen LogP contribution >= 0.6 is 0 Å². The number of carboxylic acid groups (broad SMARTS) is 1. The fraction of sp³-hybridized carbons (Fsp3) is 0.300. The summed E-state index contributed by atoms with van der Waals surface area (Å²) in [7, 11) is 1.48. The van der Waals surface area contributed by atoms with Crippen molar-refractivity contribution in [1.82, 2.24) is 10.2 Å². The van der Waals surface area contributed by atoms with E-state index in [0.717, 1.165) is 16.7 Å². The maximum atomic E-state index is 13.1. The Labute approximate surface area is 223 Å². The molecule has 0 bridgehead atoms. The van der Waals surface area contributed by atoms with E-state index < -0.39 is 24.0 Å². The van der Waals surface area contributed by atoms with Gasteiger partial charge in [-0.15, -0.1) is 0 Å². The number of methoxy groups -OCH3 is 1. The van der Waals surface area contributed by atoms with Crippen LogP contribution in [0.1, 0.15) is 25.8 Å². The molecule has 1 atom stereocenters. The van der Waals surface area contributed by atoms with Crippen LogP contribution in [0.5, 0.6) is 11.5 Å². The molecule has 2 N–H and O–H groups in total. The monoisotopic (exact) mass is 518 g/mol. The highest BCUT2D eigenvalue weighted by molar-refractivity contribution is 5.83. The van der Waals surface area contributed by atoms with Crippen LogP contribution in [0.2, 0.25) is 0 Å². The van der Waals surface area contributed by atoms with Gasteiger partial charge in [0.15, 0.2) is 11.5 Å². The number of aliphatic carboxylic acids is 1. The van der Waals surface area contributed by atoms with Gasteiger partial charge < -0.3 is 24.8 Å². The van der Waals surface area contributed by atoms with E-state index in [4.69, 9.17) is 9.47 Å². The lowest BCUT2D eigenvalue weighted by Gasteiger charge is -2.26. The van der Waals surface area contributed by atoms with Crippen molar-refractivity contribution in [3.63, 3.8) is 0 Å². The van der Waals surface area contributed by atoms with E-state index in [1.165, 1.54) is 12.0 Å². The first-order valence-electron chi connectivity index (χ1n) is 12.5. The predicted molar refractivity (Wildman–Crippen MR) is 145 cm³/mol. The third-order valence-corrected chi connectivity index (χ3v) is 5.85. The third kappa shape index (κ3) is 8.37. The van der Waals surface area contributed by atoms with E-state index in [-0.39, 0.29) is 25.3 Å². The molecule has 3 rings (SSSR count). The second-order valence-electron chi connectivity index (χ2n) is 9.32. The van der Waals surface area contributed by atoms with Crippen LogP contribution in [-0.4, -0.2) is 54.2 Å². The quantitative estimate of drug-likeness (QED) is 0.258. The molecule has 8 heteroatoms. The van der Waals surface area contributed by atoms with Crippen molar-refractivity contribution < 1.29 is 29.0 Å². The van der Waals surface area contributed by atoms with Gasteiger partial charge in [0.25, 0.3) is 0 Å². The van der Waals surface area contributed by atoms with Crippen LogP contribution in [0.4, 0.5) is 4.79 Å². The van der Waals surface area contributed by atoms with E-state index in [9.17, 15) is 19.5 Å². The number of para-hydroxylation sites is 2. The van der Waals surface area contributed by atoms with Crippen molar-refractivity contribution in [1.29, 1.82) is 0 Å². The molecule has 0 heterocycles. The topological polar surface area (TPSA) is 105 Å². The van der Waals surface area contributed by atoms with E-state index in [2.05, 4.69) is 5.32 Å². The number of ether oxygens (including phenoxy) is 2. The van der Waals surface area contributed by atoms with Crippen molar-refractivity contribution in [2.45, 2.75) is 32.7 Å². The van der Waals surface area contributed by atoms with Crippen molar-refractivity contribution in [2.75, 3.05) is 20.2 Å². The number of nitrogens with one attached hydrogen (secondary N) is 1. The lowest BCUT2D eigenvalue weighted by Crippen LogP contribution is -2.50. The molecule has 38 heavy (non-hydrogen) atoms. The molecule has 8 nitrogen and oxygen atoms in total. The summed E-state index contributed by atoms with van der Waals surface area (Å²) in [5, 5.41) is 12.4. The van der Waals surface area contributed by atoms with Gasteiger partial charge in [0.05, 0.1) is 13.5 Å². The van der Waals surface area contributed by atoms with Gasteiger partial charge in [-0.25, -0.2) is 9.59 Å². The lowest BCUT2D eigenvalue weighted by atomic mass is 10.0. The summed E-state index contributed by atoms with van der Waals surface area (Å²) in [6.07, 6.45) is 0.0678. The van der Waals surface area contributed by atoms with Gasteiger partial charge in [0.2, 0.25) is 0 Å². The Kier molecular flexibility index (Phi) is 10.3.